The number of aryl methyl sites for hydroxylation is 2. The van der Waals surface area contributed by atoms with Crippen LogP contribution in [0.4, 0.5) is 11.4 Å². The maximum absolute atomic E-state index is 12.5. The summed E-state index contributed by atoms with van der Waals surface area (Å²) in [5, 5.41) is 6.84. The van der Waals surface area contributed by atoms with E-state index in [4.69, 9.17) is 0 Å². The molecule has 2 aromatic carbocycles. The molecule has 0 saturated heterocycles. The van der Waals surface area contributed by atoms with Crippen LogP contribution in [0.5, 0.6) is 0 Å². The van der Waals surface area contributed by atoms with Crippen LogP contribution in [0.3, 0.4) is 0 Å². The van der Waals surface area contributed by atoms with Gasteiger partial charge in [-0.2, -0.15) is 4.98 Å². The molecule has 2 N–H and O–H groups in total. The van der Waals surface area contributed by atoms with Crippen molar-refractivity contribution in [1.82, 2.24) is 19.6 Å². The normalized spacial score (nSPS) is 11.4. The average Bonchev–Trinajstić information content (AvgIpc) is 3.13. The van der Waals surface area contributed by atoms with E-state index in [1.54, 1.807) is 30.3 Å². The first-order valence-electron chi connectivity index (χ1n) is 9.02. The number of rotatable bonds is 5. The second-order valence-corrected chi connectivity index (χ2v) is 8.32. The fourth-order valence-corrected chi connectivity index (χ4v) is 3.95. The molecule has 0 radical (unpaired) electrons. The summed E-state index contributed by atoms with van der Waals surface area (Å²) in [5.41, 5.74) is 2.47. The molecule has 0 unspecified atom stereocenters. The lowest BCUT2D eigenvalue weighted by Gasteiger charge is -2.09. The molecule has 0 aliphatic heterocycles. The zero-order chi connectivity index (χ0) is 21.3. The monoisotopic (exact) mass is 422 g/mol. The maximum atomic E-state index is 12.5. The number of benzene rings is 2. The Bertz CT molecular complexity index is 1330. The molecule has 10 heteroatoms. The molecule has 2 heterocycles. The van der Waals surface area contributed by atoms with Crippen molar-refractivity contribution in [3.8, 4) is 0 Å². The second-order valence-electron chi connectivity index (χ2n) is 6.64. The van der Waals surface area contributed by atoms with E-state index < -0.39 is 15.9 Å². The van der Waals surface area contributed by atoms with Gasteiger partial charge in [0.25, 0.3) is 21.7 Å². The molecule has 0 aliphatic carbocycles. The summed E-state index contributed by atoms with van der Waals surface area (Å²) in [5.74, 6) is -0.208. The Morgan fingerprint density at radius 3 is 2.33 bits per heavy atom. The van der Waals surface area contributed by atoms with Crippen molar-refractivity contribution in [2.24, 2.45) is 0 Å². The Kier molecular flexibility index (Phi) is 4.92. The number of para-hydroxylation sites is 1. The summed E-state index contributed by atoms with van der Waals surface area (Å²) in [6.45, 7) is 3.68. The van der Waals surface area contributed by atoms with Crippen molar-refractivity contribution in [2.75, 3.05) is 10.0 Å². The summed E-state index contributed by atoms with van der Waals surface area (Å²) < 4.78 is 29.0. The molecule has 0 atom stereocenters. The minimum Gasteiger partial charge on any atom is -0.319 e. The number of carbonyl (C=O) groups is 1. The minimum absolute atomic E-state index is 0.0290. The fourth-order valence-electron chi connectivity index (χ4n) is 2.89. The molecule has 0 fully saturated rings. The van der Waals surface area contributed by atoms with Crippen LogP contribution >= 0.6 is 0 Å². The van der Waals surface area contributed by atoms with E-state index in [9.17, 15) is 13.2 Å². The van der Waals surface area contributed by atoms with Gasteiger partial charge in [0.1, 0.15) is 0 Å². The molecule has 2 aromatic heterocycles. The van der Waals surface area contributed by atoms with Crippen LogP contribution in [-0.4, -0.2) is 33.9 Å². The Labute approximate surface area is 172 Å². The molecule has 0 spiro atoms. The van der Waals surface area contributed by atoms with Crippen LogP contribution in [0.25, 0.3) is 5.78 Å². The predicted molar refractivity (Wildman–Crippen MR) is 112 cm³/mol. The predicted octanol–water partition coefficient (Wildman–Crippen LogP) is 2.79. The Balaban J connectivity index is 1.51. The SMILES string of the molecule is Cc1cc(C)n2nc(C(=O)Nc3ccc(S(=O)(=O)Nc4ccccc4)cc3)nc2n1. The van der Waals surface area contributed by atoms with Gasteiger partial charge in [-0.05, 0) is 56.3 Å². The summed E-state index contributed by atoms with van der Waals surface area (Å²) >= 11 is 0. The van der Waals surface area contributed by atoms with Gasteiger partial charge < -0.3 is 5.32 Å². The van der Waals surface area contributed by atoms with Crippen LogP contribution in [0.15, 0.2) is 65.6 Å². The highest BCUT2D eigenvalue weighted by atomic mass is 32.2. The average molecular weight is 422 g/mol. The lowest BCUT2D eigenvalue weighted by molar-refractivity contribution is 0.101. The maximum Gasteiger partial charge on any atom is 0.295 e. The number of hydrogen-bond donors (Lipinski definition) is 2. The number of fused-ring (bicyclic) bond motifs is 1. The number of carbonyl (C=O) groups excluding carboxylic acids is 1. The van der Waals surface area contributed by atoms with Gasteiger partial charge in [-0.25, -0.2) is 17.9 Å². The van der Waals surface area contributed by atoms with Crippen LogP contribution in [0.1, 0.15) is 22.0 Å². The molecule has 0 saturated carbocycles. The number of nitrogens with zero attached hydrogens (tertiary/aromatic N) is 4. The van der Waals surface area contributed by atoms with Crippen LogP contribution in [0.2, 0.25) is 0 Å². The summed E-state index contributed by atoms with van der Waals surface area (Å²) in [4.78, 5) is 21.0. The van der Waals surface area contributed by atoms with Crippen molar-refractivity contribution in [1.29, 1.82) is 0 Å². The van der Waals surface area contributed by atoms with Gasteiger partial charge in [0.15, 0.2) is 0 Å². The molecule has 0 bridgehead atoms. The van der Waals surface area contributed by atoms with Crippen molar-refractivity contribution in [3.05, 3.63) is 77.9 Å². The molecule has 0 aliphatic rings. The zero-order valence-electron chi connectivity index (χ0n) is 16.2. The minimum atomic E-state index is -3.74. The summed E-state index contributed by atoms with van der Waals surface area (Å²) in [6, 6.07) is 16.3. The van der Waals surface area contributed by atoms with Gasteiger partial charge in [-0.3, -0.25) is 9.52 Å². The van der Waals surface area contributed by atoms with E-state index in [-0.39, 0.29) is 10.7 Å². The Hall–Kier alpha value is -3.79. The number of hydrogen-bond acceptors (Lipinski definition) is 6. The van der Waals surface area contributed by atoms with E-state index in [1.807, 2.05) is 19.9 Å². The van der Waals surface area contributed by atoms with E-state index in [1.165, 1.54) is 28.8 Å². The highest BCUT2D eigenvalue weighted by molar-refractivity contribution is 7.92. The molecule has 9 nitrogen and oxygen atoms in total. The molecule has 1 amide bonds. The van der Waals surface area contributed by atoms with Crippen molar-refractivity contribution in [2.45, 2.75) is 18.7 Å². The zero-order valence-corrected chi connectivity index (χ0v) is 17.0. The molecule has 152 valence electrons. The van der Waals surface area contributed by atoms with Gasteiger partial charge in [0.05, 0.1) is 4.90 Å². The van der Waals surface area contributed by atoms with Crippen LogP contribution < -0.4 is 10.0 Å². The van der Waals surface area contributed by atoms with E-state index in [0.717, 1.165) is 11.4 Å². The molecule has 4 rings (SSSR count). The van der Waals surface area contributed by atoms with Crippen molar-refractivity contribution in [3.63, 3.8) is 0 Å². The molecule has 30 heavy (non-hydrogen) atoms. The largest absolute Gasteiger partial charge is 0.319 e. The first kappa shape index (κ1) is 19.5. The number of nitrogens with one attached hydrogen (secondary N) is 2. The van der Waals surface area contributed by atoms with Gasteiger partial charge in [-0.1, -0.05) is 18.2 Å². The first-order valence-corrected chi connectivity index (χ1v) is 10.5. The molecule has 4 aromatic rings. The highest BCUT2D eigenvalue weighted by Gasteiger charge is 2.17. The third-order valence-electron chi connectivity index (χ3n) is 4.27. The van der Waals surface area contributed by atoms with Crippen LogP contribution in [0, 0.1) is 13.8 Å². The Morgan fingerprint density at radius 1 is 0.933 bits per heavy atom. The number of sulfonamides is 1. The third-order valence-corrected chi connectivity index (χ3v) is 5.67. The smallest absolute Gasteiger partial charge is 0.295 e. The second kappa shape index (κ2) is 7.56. The Morgan fingerprint density at radius 2 is 1.63 bits per heavy atom. The topological polar surface area (TPSA) is 118 Å². The standard InChI is InChI=1S/C20H18N6O3S/c1-13-12-14(2)26-20(21-13)23-18(24-26)19(27)22-15-8-10-17(11-9-15)30(28,29)25-16-6-4-3-5-7-16/h3-12,25H,1-2H3,(H,22,27). The first-order chi connectivity index (χ1) is 14.3. The van der Waals surface area contributed by atoms with E-state index in [2.05, 4.69) is 25.1 Å². The summed E-state index contributed by atoms with van der Waals surface area (Å²) in [7, 11) is -3.74. The third kappa shape index (κ3) is 3.98. The lowest BCUT2D eigenvalue weighted by atomic mass is 10.3. The van der Waals surface area contributed by atoms with Crippen LogP contribution in [-0.2, 0) is 10.0 Å². The van der Waals surface area contributed by atoms with Gasteiger partial charge in [0.2, 0.25) is 5.82 Å². The number of amides is 1. The lowest BCUT2D eigenvalue weighted by Crippen LogP contribution is -2.15. The van der Waals surface area contributed by atoms with Crippen molar-refractivity contribution < 1.29 is 13.2 Å². The number of aromatic nitrogens is 4. The van der Waals surface area contributed by atoms with Crippen molar-refractivity contribution >= 4 is 33.1 Å². The molecular weight excluding hydrogens is 404 g/mol. The van der Waals surface area contributed by atoms with E-state index in [0.29, 0.717) is 17.2 Å². The van der Waals surface area contributed by atoms with Gasteiger partial charge in [0, 0.05) is 22.8 Å². The van der Waals surface area contributed by atoms with Gasteiger partial charge in [-0.15, -0.1) is 5.10 Å². The quantitative estimate of drug-likeness (QED) is 0.511. The molecular formula is C20H18N6O3S. The number of anilines is 2. The highest BCUT2D eigenvalue weighted by Crippen LogP contribution is 2.18. The van der Waals surface area contributed by atoms with E-state index >= 15 is 0 Å². The summed E-state index contributed by atoms with van der Waals surface area (Å²) in [6.07, 6.45) is 0. The van der Waals surface area contributed by atoms with Gasteiger partial charge >= 0.3 is 0 Å². The fraction of sp³-hybridized carbons (Fsp3) is 0.100.